The fourth-order valence-corrected chi connectivity index (χ4v) is 1.17. The third-order valence-electron chi connectivity index (χ3n) is 2.07. The molecule has 0 aliphatic heterocycles. The number of amides is 4. The second kappa shape index (κ2) is 8.72. The van der Waals surface area contributed by atoms with Gasteiger partial charge in [-0.05, 0) is 6.42 Å². The monoisotopic (exact) mass is 274 g/mol. The van der Waals surface area contributed by atoms with Gasteiger partial charge in [-0.15, -0.1) is 0 Å². The van der Waals surface area contributed by atoms with E-state index in [4.69, 9.17) is 10.8 Å². The fraction of sp³-hybridized carbons (Fsp3) is 0.600. The van der Waals surface area contributed by atoms with Gasteiger partial charge in [-0.3, -0.25) is 9.59 Å². The molecule has 6 N–H and O–H groups in total. The molecule has 0 bridgehead atoms. The molecule has 4 amide bonds. The minimum atomic E-state index is -1.25. The number of carboxylic acid groups (broad SMARTS) is 1. The highest BCUT2D eigenvalue weighted by molar-refractivity contribution is 5.83. The van der Waals surface area contributed by atoms with E-state index in [9.17, 15) is 19.2 Å². The summed E-state index contributed by atoms with van der Waals surface area (Å²) in [4.78, 5) is 43.2. The molecule has 0 rings (SSSR count). The van der Waals surface area contributed by atoms with Gasteiger partial charge < -0.3 is 26.8 Å². The largest absolute Gasteiger partial charge is 0.480 e. The number of nitrogens with two attached hydrogens (primary N) is 1. The fourth-order valence-electron chi connectivity index (χ4n) is 1.17. The predicted octanol–water partition coefficient (Wildman–Crippen LogP) is -1.86. The van der Waals surface area contributed by atoms with Gasteiger partial charge in [0.1, 0.15) is 6.04 Å². The Kier molecular flexibility index (Phi) is 7.66. The average Bonchev–Trinajstić information content (AvgIpc) is 2.29. The van der Waals surface area contributed by atoms with Crippen LogP contribution in [0, 0.1) is 0 Å². The van der Waals surface area contributed by atoms with E-state index in [2.05, 4.69) is 16.0 Å². The molecule has 0 aliphatic rings. The molecule has 0 spiro atoms. The van der Waals surface area contributed by atoms with E-state index in [1.807, 2.05) is 0 Å². The molecule has 0 saturated heterocycles. The molecule has 0 aromatic heterocycles. The molecular weight excluding hydrogens is 256 g/mol. The van der Waals surface area contributed by atoms with Gasteiger partial charge in [0.2, 0.25) is 11.8 Å². The zero-order valence-electron chi connectivity index (χ0n) is 10.6. The number of nitrogens with one attached hydrogen (secondary N) is 3. The van der Waals surface area contributed by atoms with Crippen molar-refractivity contribution in [3.63, 3.8) is 0 Å². The van der Waals surface area contributed by atoms with Crippen LogP contribution in [0.15, 0.2) is 0 Å². The maximum Gasteiger partial charge on any atom is 0.326 e. The number of hydrogen-bond donors (Lipinski definition) is 5. The van der Waals surface area contributed by atoms with Crippen molar-refractivity contribution in [1.82, 2.24) is 16.0 Å². The van der Waals surface area contributed by atoms with Crippen molar-refractivity contribution in [2.75, 3.05) is 13.1 Å². The smallest absolute Gasteiger partial charge is 0.326 e. The molecule has 9 nitrogen and oxygen atoms in total. The van der Waals surface area contributed by atoms with Crippen molar-refractivity contribution in [3.8, 4) is 0 Å². The minimum absolute atomic E-state index is 0.0796. The van der Waals surface area contributed by atoms with Crippen LogP contribution >= 0.6 is 0 Å². The van der Waals surface area contributed by atoms with Crippen LogP contribution in [0.2, 0.25) is 0 Å². The summed E-state index contributed by atoms with van der Waals surface area (Å²) < 4.78 is 0. The number of urea groups is 1. The minimum Gasteiger partial charge on any atom is -0.480 e. The highest BCUT2D eigenvalue weighted by Crippen LogP contribution is 1.97. The van der Waals surface area contributed by atoms with Gasteiger partial charge in [0.15, 0.2) is 0 Å². The zero-order chi connectivity index (χ0) is 14.8. The predicted molar refractivity (Wildman–Crippen MR) is 65.1 cm³/mol. The van der Waals surface area contributed by atoms with Crippen molar-refractivity contribution in [1.29, 1.82) is 0 Å². The van der Waals surface area contributed by atoms with Crippen LogP contribution in [-0.2, 0) is 14.4 Å². The summed E-state index contributed by atoms with van der Waals surface area (Å²) >= 11 is 0. The molecular formula is C10H18N4O5. The number of carbonyl (C=O) groups is 4. The molecule has 0 aromatic carbocycles. The van der Waals surface area contributed by atoms with E-state index in [1.54, 1.807) is 0 Å². The van der Waals surface area contributed by atoms with Gasteiger partial charge >= 0.3 is 12.0 Å². The molecule has 108 valence electrons. The highest BCUT2D eigenvalue weighted by Gasteiger charge is 2.20. The Labute approximate surface area is 109 Å². The quantitative estimate of drug-likeness (QED) is 0.329. The Hall–Kier alpha value is -2.32. The third kappa shape index (κ3) is 9.39. The van der Waals surface area contributed by atoms with Crippen molar-refractivity contribution in [2.45, 2.75) is 25.8 Å². The lowest BCUT2D eigenvalue weighted by Crippen LogP contribution is -2.47. The van der Waals surface area contributed by atoms with E-state index in [0.29, 0.717) is 0 Å². The summed E-state index contributed by atoms with van der Waals surface area (Å²) in [6.07, 6.45) is -0.215. The van der Waals surface area contributed by atoms with E-state index >= 15 is 0 Å². The lowest BCUT2D eigenvalue weighted by atomic mass is 10.1. The summed E-state index contributed by atoms with van der Waals surface area (Å²) in [6, 6.07) is -1.88. The summed E-state index contributed by atoms with van der Waals surface area (Å²) in [5.74, 6) is -2.12. The number of aliphatic carboxylic acids is 1. The van der Waals surface area contributed by atoms with E-state index < -0.39 is 23.9 Å². The number of rotatable bonds is 8. The maximum atomic E-state index is 11.3. The van der Waals surface area contributed by atoms with Crippen LogP contribution in [-0.4, -0.2) is 48.1 Å². The molecule has 0 aliphatic carbocycles. The van der Waals surface area contributed by atoms with Crippen molar-refractivity contribution >= 4 is 23.8 Å². The van der Waals surface area contributed by atoms with Crippen LogP contribution in [0.25, 0.3) is 0 Å². The third-order valence-corrected chi connectivity index (χ3v) is 2.07. The van der Waals surface area contributed by atoms with Gasteiger partial charge in [0.05, 0.1) is 0 Å². The first-order valence-corrected chi connectivity index (χ1v) is 5.63. The van der Waals surface area contributed by atoms with Crippen LogP contribution in [0.5, 0.6) is 0 Å². The lowest BCUT2D eigenvalue weighted by Gasteiger charge is -2.14. The number of hydrogen-bond acceptors (Lipinski definition) is 4. The van der Waals surface area contributed by atoms with E-state index in [1.165, 1.54) is 6.92 Å². The molecule has 0 aromatic rings. The van der Waals surface area contributed by atoms with Gasteiger partial charge in [0.25, 0.3) is 0 Å². The Morgan fingerprint density at radius 3 is 2.21 bits per heavy atom. The second-order valence-electron chi connectivity index (χ2n) is 3.78. The van der Waals surface area contributed by atoms with Crippen molar-refractivity contribution < 1.29 is 24.3 Å². The average molecular weight is 274 g/mol. The van der Waals surface area contributed by atoms with Crippen LogP contribution in [0.4, 0.5) is 4.79 Å². The number of carboxylic acids is 1. The molecule has 9 heteroatoms. The second-order valence-corrected chi connectivity index (χ2v) is 3.78. The Bertz CT molecular complexity index is 358. The maximum absolute atomic E-state index is 11.3. The van der Waals surface area contributed by atoms with Crippen LogP contribution in [0.1, 0.15) is 19.8 Å². The number of primary amides is 1. The van der Waals surface area contributed by atoms with Gasteiger partial charge in [-0.25, -0.2) is 9.59 Å². The Morgan fingerprint density at radius 2 is 1.74 bits per heavy atom. The molecule has 0 radical (unpaired) electrons. The normalized spacial score (nSPS) is 11.2. The summed E-state index contributed by atoms with van der Waals surface area (Å²) in [6.45, 7) is 1.74. The molecule has 19 heavy (non-hydrogen) atoms. The molecule has 0 heterocycles. The van der Waals surface area contributed by atoms with Crippen LogP contribution < -0.4 is 21.7 Å². The molecule has 0 saturated carbocycles. The SMILES string of the molecule is CC(=O)NCCNC(=O)N[C@H](CCC(N)=O)C(=O)O. The topological polar surface area (TPSA) is 151 Å². The van der Waals surface area contributed by atoms with Gasteiger partial charge in [-0.2, -0.15) is 0 Å². The number of carbonyl (C=O) groups excluding carboxylic acids is 3. The van der Waals surface area contributed by atoms with E-state index in [-0.39, 0.29) is 31.8 Å². The first kappa shape index (κ1) is 16.7. The molecule has 0 unspecified atom stereocenters. The summed E-state index contributed by atoms with van der Waals surface area (Å²) in [5, 5.41) is 15.8. The van der Waals surface area contributed by atoms with Crippen LogP contribution in [0.3, 0.4) is 0 Å². The van der Waals surface area contributed by atoms with E-state index in [0.717, 1.165) is 0 Å². The Morgan fingerprint density at radius 1 is 1.16 bits per heavy atom. The first-order valence-electron chi connectivity index (χ1n) is 5.63. The Balaban J connectivity index is 3.99. The molecule has 0 fully saturated rings. The standard InChI is InChI=1S/C10H18N4O5/c1-6(15)12-4-5-13-10(19)14-7(9(17)18)2-3-8(11)16/h7H,2-5H2,1H3,(H2,11,16)(H,12,15)(H,17,18)(H2,13,14,19)/t7-/m1/s1. The van der Waals surface area contributed by atoms with Gasteiger partial charge in [-0.1, -0.05) is 0 Å². The first-order chi connectivity index (χ1) is 8.82. The highest BCUT2D eigenvalue weighted by atomic mass is 16.4. The van der Waals surface area contributed by atoms with Gasteiger partial charge in [0, 0.05) is 26.4 Å². The zero-order valence-corrected chi connectivity index (χ0v) is 10.6. The summed E-state index contributed by atoms with van der Waals surface area (Å²) in [5.41, 5.74) is 4.90. The molecule has 1 atom stereocenters. The van der Waals surface area contributed by atoms with Crippen molar-refractivity contribution in [2.24, 2.45) is 5.73 Å². The summed E-state index contributed by atoms with van der Waals surface area (Å²) in [7, 11) is 0. The lowest BCUT2D eigenvalue weighted by molar-refractivity contribution is -0.139. The van der Waals surface area contributed by atoms with Crippen molar-refractivity contribution in [3.05, 3.63) is 0 Å².